The summed E-state index contributed by atoms with van der Waals surface area (Å²) >= 11 is 1.72. The highest BCUT2D eigenvalue weighted by atomic mass is 32.1. The first-order valence-corrected chi connectivity index (χ1v) is 7.38. The molecular formula is C16H18FNS. The minimum absolute atomic E-state index is 0.178. The van der Waals surface area contributed by atoms with Crippen LogP contribution in [-0.4, -0.2) is 6.54 Å². The van der Waals surface area contributed by atoms with Crippen LogP contribution in [0.4, 0.5) is 4.39 Å². The van der Waals surface area contributed by atoms with Crippen LogP contribution in [-0.2, 0) is 0 Å². The Morgan fingerprint density at radius 3 is 2.95 bits per heavy atom. The largest absolute Gasteiger partial charge is 0.308 e. The molecule has 0 radical (unpaired) electrons. The van der Waals surface area contributed by atoms with Crippen LogP contribution in [0.2, 0.25) is 0 Å². The van der Waals surface area contributed by atoms with Gasteiger partial charge in [-0.2, -0.15) is 0 Å². The van der Waals surface area contributed by atoms with Crippen LogP contribution in [0.1, 0.15) is 37.6 Å². The van der Waals surface area contributed by atoms with Crippen molar-refractivity contribution >= 4 is 21.4 Å². The summed E-state index contributed by atoms with van der Waals surface area (Å²) in [5, 5.41) is 4.49. The number of thiophene rings is 1. The number of fused-ring (bicyclic) bond motifs is 1. The van der Waals surface area contributed by atoms with Gasteiger partial charge in [0, 0.05) is 16.0 Å². The van der Waals surface area contributed by atoms with Crippen LogP contribution in [0, 0.1) is 17.7 Å². The zero-order valence-corrected chi connectivity index (χ0v) is 12.1. The Kier molecular flexibility index (Phi) is 4.95. The summed E-state index contributed by atoms with van der Waals surface area (Å²) < 4.78 is 14.3. The lowest BCUT2D eigenvalue weighted by Crippen LogP contribution is -2.20. The molecule has 0 fully saturated rings. The number of hydrogen-bond donors (Lipinski definition) is 1. The van der Waals surface area contributed by atoms with E-state index >= 15 is 0 Å². The summed E-state index contributed by atoms with van der Waals surface area (Å²) in [6.07, 6.45) is 1.89. The quantitative estimate of drug-likeness (QED) is 0.792. The van der Waals surface area contributed by atoms with Crippen molar-refractivity contribution in [2.24, 2.45) is 0 Å². The molecule has 0 saturated carbocycles. The fraction of sp³-hybridized carbons (Fsp3) is 0.375. The van der Waals surface area contributed by atoms with Crippen molar-refractivity contribution in [3.05, 3.63) is 35.0 Å². The van der Waals surface area contributed by atoms with E-state index < -0.39 is 0 Å². The lowest BCUT2D eigenvalue weighted by atomic mass is 10.1. The predicted molar refractivity (Wildman–Crippen MR) is 80.9 cm³/mol. The molecule has 1 unspecified atom stereocenters. The van der Waals surface area contributed by atoms with Gasteiger partial charge < -0.3 is 5.32 Å². The second kappa shape index (κ2) is 6.70. The molecule has 2 aromatic rings. The van der Waals surface area contributed by atoms with E-state index in [4.69, 9.17) is 0 Å². The van der Waals surface area contributed by atoms with E-state index in [9.17, 15) is 4.39 Å². The summed E-state index contributed by atoms with van der Waals surface area (Å²) in [5.74, 6) is 5.90. The molecule has 0 aliphatic rings. The first-order valence-electron chi connectivity index (χ1n) is 6.56. The zero-order valence-electron chi connectivity index (χ0n) is 11.3. The Labute approximate surface area is 117 Å². The molecule has 1 heterocycles. The van der Waals surface area contributed by atoms with Gasteiger partial charge in [0.1, 0.15) is 5.82 Å². The third kappa shape index (κ3) is 3.56. The fourth-order valence-electron chi connectivity index (χ4n) is 2.00. The molecule has 1 aromatic carbocycles. The Hall–Kier alpha value is -1.37. The molecule has 1 aromatic heterocycles. The molecule has 19 heavy (non-hydrogen) atoms. The molecule has 100 valence electrons. The summed E-state index contributed by atoms with van der Waals surface area (Å²) in [5.41, 5.74) is 0. The normalized spacial score (nSPS) is 12.2. The van der Waals surface area contributed by atoms with Gasteiger partial charge in [-0.25, -0.2) is 4.39 Å². The average Bonchev–Trinajstić information content (AvgIpc) is 2.81. The van der Waals surface area contributed by atoms with Crippen molar-refractivity contribution in [3.8, 4) is 11.8 Å². The molecule has 1 nitrogen and oxygen atoms in total. The maximum absolute atomic E-state index is 13.2. The Balaban J connectivity index is 2.28. The van der Waals surface area contributed by atoms with E-state index in [1.165, 1.54) is 10.9 Å². The van der Waals surface area contributed by atoms with Crippen molar-refractivity contribution in [2.75, 3.05) is 6.54 Å². The molecule has 0 saturated heterocycles. The van der Waals surface area contributed by atoms with E-state index in [1.54, 1.807) is 17.4 Å². The minimum atomic E-state index is -0.178. The third-order valence-electron chi connectivity index (χ3n) is 2.96. The SMILES string of the molecule is CC#CCC(NCCC)c1cc2cc(F)ccc2s1. The highest BCUT2D eigenvalue weighted by Crippen LogP contribution is 2.31. The van der Waals surface area contributed by atoms with E-state index in [0.717, 1.165) is 29.5 Å². The maximum Gasteiger partial charge on any atom is 0.123 e. The van der Waals surface area contributed by atoms with Crippen molar-refractivity contribution in [2.45, 2.75) is 32.7 Å². The van der Waals surface area contributed by atoms with Crippen molar-refractivity contribution in [3.63, 3.8) is 0 Å². The molecule has 1 atom stereocenters. The first-order chi connectivity index (χ1) is 9.24. The van der Waals surface area contributed by atoms with Gasteiger partial charge in [0.15, 0.2) is 0 Å². The number of hydrogen-bond acceptors (Lipinski definition) is 2. The Morgan fingerprint density at radius 2 is 2.21 bits per heavy atom. The molecule has 0 spiro atoms. The van der Waals surface area contributed by atoms with Gasteiger partial charge in [0.2, 0.25) is 0 Å². The van der Waals surface area contributed by atoms with Crippen LogP contribution in [0.3, 0.4) is 0 Å². The van der Waals surface area contributed by atoms with Gasteiger partial charge in [0.25, 0.3) is 0 Å². The molecule has 3 heteroatoms. The summed E-state index contributed by atoms with van der Waals surface area (Å²) in [4.78, 5) is 1.23. The standard InChI is InChI=1S/C16H18FNS/c1-3-5-6-14(18-9-4-2)16-11-12-10-13(17)7-8-15(12)19-16/h7-8,10-11,14,18H,4,6,9H2,1-2H3. The van der Waals surface area contributed by atoms with Gasteiger partial charge in [0.05, 0.1) is 6.04 Å². The van der Waals surface area contributed by atoms with E-state index in [0.29, 0.717) is 0 Å². The highest BCUT2D eigenvalue weighted by molar-refractivity contribution is 7.19. The molecular weight excluding hydrogens is 257 g/mol. The van der Waals surface area contributed by atoms with Crippen molar-refractivity contribution in [1.82, 2.24) is 5.32 Å². The number of nitrogens with one attached hydrogen (secondary N) is 1. The third-order valence-corrected chi connectivity index (χ3v) is 4.19. The average molecular weight is 275 g/mol. The van der Waals surface area contributed by atoms with Crippen LogP contribution >= 0.6 is 11.3 Å². The lowest BCUT2D eigenvalue weighted by Gasteiger charge is -2.13. The first kappa shape index (κ1) is 14.0. The van der Waals surface area contributed by atoms with Crippen LogP contribution in [0.25, 0.3) is 10.1 Å². The van der Waals surface area contributed by atoms with E-state index in [-0.39, 0.29) is 11.9 Å². The smallest absolute Gasteiger partial charge is 0.123 e. The Bertz CT molecular complexity index is 606. The maximum atomic E-state index is 13.2. The molecule has 1 N–H and O–H groups in total. The zero-order chi connectivity index (χ0) is 13.7. The van der Waals surface area contributed by atoms with Crippen LogP contribution < -0.4 is 5.32 Å². The predicted octanol–water partition coefficient (Wildman–Crippen LogP) is 4.49. The van der Waals surface area contributed by atoms with Gasteiger partial charge in [-0.05, 0) is 49.5 Å². The molecule has 2 rings (SSSR count). The van der Waals surface area contributed by atoms with Gasteiger partial charge in [-0.15, -0.1) is 23.2 Å². The van der Waals surface area contributed by atoms with Crippen molar-refractivity contribution < 1.29 is 4.39 Å². The number of benzene rings is 1. The van der Waals surface area contributed by atoms with Gasteiger partial charge in [-0.1, -0.05) is 6.92 Å². The van der Waals surface area contributed by atoms with Crippen LogP contribution in [0.15, 0.2) is 24.3 Å². The Morgan fingerprint density at radius 1 is 1.37 bits per heavy atom. The fourth-order valence-corrected chi connectivity index (χ4v) is 3.12. The molecule has 0 aliphatic heterocycles. The van der Waals surface area contributed by atoms with E-state index in [1.807, 2.05) is 13.0 Å². The highest BCUT2D eigenvalue weighted by Gasteiger charge is 2.13. The number of halogens is 1. The topological polar surface area (TPSA) is 12.0 Å². The lowest BCUT2D eigenvalue weighted by molar-refractivity contribution is 0.550. The molecule has 0 aliphatic carbocycles. The van der Waals surface area contributed by atoms with E-state index in [2.05, 4.69) is 30.1 Å². The molecule has 0 amide bonds. The van der Waals surface area contributed by atoms with Crippen molar-refractivity contribution in [1.29, 1.82) is 0 Å². The summed E-state index contributed by atoms with van der Waals surface area (Å²) in [6, 6.07) is 7.28. The second-order valence-electron chi connectivity index (χ2n) is 4.47. The second-order valence-corrected chi connectivity index (χ2v) is 5.58. The van der Waals surface area contributed by atoms with Gasteiger partial charge in [-0.3, -0.25) is 0 Å². The summed E-state index contributed by atoms with van der Waals surface area (Å²) in [6.45, 7) is 4.98. The molecule has 0 bridgehead atoms. The van der Waals surface area contributed by atoms with Gasteiger partial charge >= 0.3 is 0 Å². The summed E-state index contributed by atoms with van der Waals surface area (Å²) in [7, 11) is 0. The number of rotatable bonds is 5. The monoisotopic (exact) mass is 275 g/mol. The minimum Gasteiger partial charge on any atom is -0.308 e. The van der Waals surface area contributed by atoms with Crippen LogP contribution in [0.5, 0.6) is 0 Å².